The summed E-state index contributed by atoms with van der Waals surface area (Å²) < 4.78 is 1.95. The van der Waals surface area contributed by atoms with Gasteiger partial charge in [-0.25, -0.2) is 4.98 Å². The molecule has 142 valence electrons. The number of rotatable bonds is 5. The van der Waals surface area contributed by atoms with Gasteiger partial charge in [0.15, 0.2) is 5.16 Å². The van der Waals surface area contributed by atoms with Crippen molar-refractivity contribution in [2.45, 2.75) is 16.5 Å². The predicted molar refractivity (Wildman–Crippen MR) is 109 cm³/mol. The molecule has 2 aromatic carbocycles. The molecule has 3 aromatic rings. The van der Waals surface area contributed by atoms with Gasteiger partial charge in [-0.05, 0) is 36.4 Å². The van der Waals surface area contributed by atoms with Crippen molar-refractivity contribution in [1.82, 2.24) is 9.55 Å². The number of aromatic nitrogens is 2. The standard InChI is InChI=1S/C21H20N4O2S/c1-24-12-11-22-21(24)28-18-9-7-16(8-10-18)23-20(27)15-13-19(26)25(14-15)17-5-3-2-4-6-17/h2-12,15H,13-14H2,1H3,(H,23,27)/t15-/m0/s1. The minimum atomic E-state index is -0.352. The Labute approximate surface area is 167 Å². The first kappa shape index (κ1) is 18.3. The molecule has 1 atom stereocenters. The number of para-hydroxylation sites is 1. The van der Waals surface area contributed by atoms with E-state index < -0.39 is 0 Å². The number of anilines is 2. The summed E-state index contributed by atoms with van der Waals surface area (Å²) in [6.07, 6.45) is 3.89. The van der Waals surface area contributed by atoms with Crippen LogP contribution >= 0.6 is 11.8 Å². The van der Waals surface area contributed by atoms with Crippen molar-refractivity contribution in [2.75, 3.05) is 16.8 Å². The van der Waals surface area contributed by atoms with Crippen LogP contribution in [0.25, 0.3) is 0 Å². The van der Waals surface area contributed by atoms with Crippen molar-refractivity contribution < 1.29 is 9.59 Å². The Morgan fingerprint density at radius 2 is 1.89 bits per heavy atom. The van der Waals surface area contributed by atoms with Crippen molar-refractivity contribution in [1.29, 1.82) is 0 Å². The normalized spacial score (nSPS) is 16.4. The van der Waals surface area contributed by atoms with Gasteiger partial charge in [-0.15, -0.1) is 0 Å². The Balaban J connectivity index is 1.37. The highest BCUT2D eigenvalue weighted by Crippen LogP contribution is 2.28. The van der Waals surface area contributed by atoms with Gasteiger partial charge in [0.2, 0.25) is 11.8 Å². The summed E-state index contributed by atoms with van der Waals surface area (Å²) in [6, 6.07) is 17.1. The average Bonchev–Trinajstić information content (AvgIpc) is 3.30. The van der Waals surface area contributed by atoms with Crippen LogP contribution in [0, 0.1) is 5.92 Å². The van der Waals surface area contributed by atoms with Gasteiger partial charge in [-0.3, -0.25) is 9.59 Å². The maximum atomic E-state index is 12.6. The molecule has 2 amide bonds. The van der Waals surface area contributed by atoms with Crippen LogP contribution in [0.2, 0.25) is 0 Å². The van der Waals surface area contributed by atoms with E-state index in [1.54, 1.807) is 22.9 Å². The molecule has 1 N–H and O–H groups in total. The number of carbonyl (C=O) groups excluding carboxylic acids is 2. The number of amides is 2. The van der Waals surface area contributed by atoms with Crippen LogP contribution in [-0.2, 0) is 16.6 Å². The fourth-order valence-electron chi connectivity index (χ4n) is 3.15. The second-order valence-corrected chi connectivity index (χ2v) is 7.72. The molecular weight excluding hydrogens is 372 g/mol. The third kappa shape index (κ3) is 3.94. The minimum Gasteiger partial charge on any atom is -0.329 e. The molecule has 1 fully saturated rings. The summed E-state index contributed by atoms with van der Waals surface area (Å²) in [5, 5.41) is 3.83. The van der Waals surface area contributed by atoms with E-state index >= 15 is 0 Å². The Morgan fingerprint density at radius 1 is 1.14 bits per heavy atom. The molecule has 0 saturated carbocycles. The molecule has 7 heteroatoms. The van der Waals surface area contributed by atoms with Gasteiger partial charge in [0.25, 0.3) is 0 Å². The summed E-state index contributed by atoms with van der Waals surface area (Å²) in [5.41, 5.74) is 1.55. The number of nitrogens with one attached hydrogen (secondary N) is 1. The van der Waals surface area contributed by atoms with Crippen molar-refractivity contribution in [3.05, 3.63) is 67.0 Å². The maximum absolute atomic E-state index is 12.6. The smallest absolute Gasteiger partial charge is 0.229 e. The van der Waals surface area contributed by atoms with Gasteiger partial charge in [0.05, 0.1) is 5.92 Å². The lowest BCUT2D eigenvalue weighted by atomic mass is 10.1. The van der Waals surface area contributed by atoms with Crippen LogP contribution in [0.15, 0.2) is 77.0 Å². The summed E-state index contributed by atoms with van der Waals surface area (Å²) >= 11 is 1.56. The summed E-state index contributed by atoms with van der Waals surface area (Å²) in [7, 11) is 1.95. The lowest BCUT2D eigenvalue weighted by Gasteiger charge is -2.16. The number of imidazole rings is 1. The molecule has 2 heterocycles. The van der Waals surface area contributed by atoms with Crippen LogP contribution < -0.4 is 10.2 Å². The molecule has 28 heavy (non-hydrogen) atoms. The van der Waals surface area contributed by atoms with Gasteiger partial charge in [0, 0.05) is 48.7 Å². The average molecular weight is 392 g/mol. The van der Waals surface area contributed by atoms with E-state index in [1.165, 1.54) is 0 Å². The summed E-state index contributed by atoms with van der Waals surface area (Å²) in [4.78, 5) is 31.9. The third-order valence-electron chi connectivity index (χ3n) is 4.67. The van der Waals surface area contributed by atoms with Crippen LogP contribution in [0.1, 0.15) is 6.42 Å². The van der Waals surface area contributed by atoms with Crippen molar-refractivity contribution in [3.63, 3.8) is 0 Å². The van der Waals surface area contributed by atoms with Gasteiger partial charge < -0.3 is 14.8 Å². The highest BCUT2D eigenvalue weighted by molar-refractivity contribution is 7.99. The lowest BCUT2D eigenvalue weighted by Crippen LogP contribution is -2.28. The Morgan fingerprint density at radius 3 is 2.57 bits per heavy atom. The lowest BCUT2D eigenvalue weighted by molar-refractivity contribution is -0.122. The first-order chi connectivity index (χ1) is 13.6. The molecule has 4 rings (SSSR count). The fourth-order valence-corrected chi connectivity index (χ4v) is 3.95. The fraction of sp³-hybridized carbons (Fsp3) is 0.190. The zero-order valence-corrected chi connectivity index (χ0v) is 16.2. The molecule has 0 radical (unpaired) electrons. The highest BCUT2D eigenvalue weighted by atomic mass is 32.2. The zero-order valence-electron chi connectivity index (χ0n) is 15.4. The number of hydrogen-bond acceptors (Lipinski definition) is 4. The van der Waals surface area contributed by atoms with E-state index in [9.17, 15) is 9.59 Å². The third-order valence-corrected chi connectivity index (χ3v) is 5.76. The van der Waals surface area contributed by atoms with Crippen LogP contribution in [-0.4, -0.2) is 27.9 Å². The van der Waals surface area contributed by atoms with E-state index in [0.717, 1.165) is 21.4 Å². The van der Waals surface area contributed by atoms with Gasteiger partial charge in [-0.1, -0.05) is 30.0 Å². The highest BCUT2D eigenvalue weighted by Gasteiger charge is 2.35. The van der Waals surface area contributed by atoms with Crippen molar-refractivity contribution in [3.8, 4) is 0 Å². The Hall–Kier alpha value is -3.06. The van der Waals surface area contributed by atoms with Gasteiger partial charge >= 0.3 is 0 Å². The Kier molecular flexibility index (Phi) is 5.16. The molecule has 0 aliphatic carbocycles. The monoisotopic (exact) mass is 392 g/mol. The molecular formula is C21H20N4O2S. The number of hydrogen-bond donors (Lipinski definition) is 1. The van der Waals surface area contributed by atoms with E-state index in [2.05, 4.69) is 10.3 Å². The number of nitrogens with zero attached hydrogens (tertiary/aromatic N) is 3. The van der Waals surface area contributed by atoms with Crippen molar-refractivity contribution >= 4 is 35.0 Å². The first-order valence-electron chi connectivity index (χ1n) is 9.01. The largest absolute Gasteiger partial charge is 0.329 e. The van der Waals surface area contributed by atoms with Crippen molar-refractivity contribution in [2.24, 2.45) is 13.0 Å². The molecule has 1 aliphatic rings. The molecule has 6 nitrogen and oxygen atoms in total. The minimum absolute atomic E-state index is 0.0202. The molecule has 1 aliphatic heterocycles. The van der Waals surface area contributed by atoms with Crippen LogP contribution in [0.5, 0.6) is 0 Å². The number of benzene rings is 2. The molecule has 1 aromatic heterocycles. The quantitative estimate of drug-likeness (QED) is 0.721. The van der Waals surface area contributed by atoms with E-state index in [1.807, 2.05) is 72.4 Å². The predicted octanol–water partition coefficient (Wildman–Crippen LogP) is 3.56. The van der Waals surface area contributed by atoms with Gasteiger partial charge in [-0.2, -0.15) is 0 Å². The number of aryl methyl sites for hydroxylation is 1. The first-order valence-corrected chi connectivity index (χ1v) is 9.83. The summed E-state index contributed by atoms with van der Waals surface area (Å²) in [6.45, 7) is 0.405. The molecule has 0 bridgehead atoms. The number of carbonyl (C=O) groups is 2. The maximum Gasteiger partial charge on any atom is 0.229 e. The topological polar surface area (TPSA) is 67.2 Å². The van der Waals surface area contributed by atoms with E-state index in [-0.39, 0.29) is 24.2 Å². The second-order valence-electron chi connectivity index (χ2n) is 6.68. The second kappa shape index (κ2) is 7.90. The molecule has 1 saturated heterocycles. The molecule has 0 spiro atoms. The van der Waals surface area contributed by atoms with Crippen LogP contribution in [0.3, 0.4) is 0 Å². The van der Waals surface area contributed by atoms with E-state index in [4.69, 9.17) is 0 Å². The summed E-state index contributed by atoms with van der Waals surface area (Å²) in [5.74, 6) is -0.501. The Bertz CT molecular complexity index is 985. The van der Waals surface area contributed by atoms with Gasteiger partial charge in [0.1, 0.15) is 0 Å². The van der Waals surface area contributed by atoms with E-state index in [0.29, 0.717) is 6.54 Å². The zero-order chi connectivity index (χ0) is 19.5. The SMILES string of the molecule is Cn1ccnc1Sc1ccc(NC(=O)[C@H]2CC(=O)N(c3ccccc3)C2)cc1. The molecule has 0 unspecified atom stereocenters. The van der Waals surface area contributed by atoms with Crippen LogP contribution in [0.4, 0.5) is 11.4 Å².